The van der Waals surface area contributed by atoms with Crippen LogP contribution in [0.2, 0.25) is 0 Å². The number of hydrogen-bond acceptors (Lipinski definition) is 3. The second-order valence-corrected chi connectivity index (χ2v) is 6.10. The molecule has 1 aliphatic carbocycles. The normalized spacial score (nSPS) is 15.9. The van der Waals surface area contributed by atoms with Gasteiger partial charge < -0.3 is 14.8 Å². The molecule has 118 valence electrons. The number of rotatable bonds is 11. The average Bonchev–Trinajstić information content (AvgIpc) is 3.32. The second kappa shape index (κ2) is 9.06. The molecule has 0 bridgehead atoms. The van der Waals surface area contributed by atoms with Crippen LogP contribution in [0.15, 0.2) is 24.3 Å². The monoisotopic (exact) mass is 291 g/mol. The first kappa shape index (κ1) is 16.3. The third kappa shape index (κ3) is 6.49. The van der Waals surface area contributed by atoms with Gasteiger partial charge in [0.25, 0.3) is 0 Å². The predicted molar refractivity (Wildman–Crippen MR) is 86.9 cm³/mol. The molecule has 0 aliphatic heterocycles. The van der Waals surface area contributed by atoms with E-state index in [9.17, 15) is 0 Å². The van der Waals surface area contributed by atoms with E-state index in [0.717, 1.165) is 44.4 Å². The lowest BCUT2D eigenvalue weighted by Crippen LogP contribution is -2.28. The van der Waals surface area contributed by atoms with E-state index in [1.165, 1.54) is 24.8 Å². The predicted octanol–water partition coefficient (Wildman–Crippen LogP) is 3.28. The van der Waals surface area contributed by atoms with Crippen LogP contribution in [-0.4, -0.2) is 33.4 Å². The minimum Gasteiger partial charge on any atom is -0.497 e. The van der Waals surface area contributed by atoms with E-state index in [4.69, 9.17) is 9.47 Å². The molecule has 0 heterocycles. The van der Waals surface area contributed by atoms with Crippen LogP contribution in [0.3, 0.4) is 0 Å². The highest BCUT2D eigenvalue weighted by Gasteiger charge is 2.21. The van der Waals surface area contributed by atoms with Gasteiger partial charge in [0.1, 0.15) is 5.75 Å². The van der Waals surface area contributed by atoms with Gasteiger partial charge in [-0.2, -0.15) is 0 Å². The van der Waals surface area contributed by atoms with Crippen LogP contribution in [-0.2, 0) is 11.2 Å². The zero-order chi connectivity index (χ0) is 14.9. The minimum atomic E-state index is 0.545. The molecule has 0 aromatic heterocycles. The summed E-state index contributed by atoms with van der Waals surface area (Å²) in [5.41, 5.74) is 1.36. The molecule has 1 fully saturated rings. The van der Waals surface area contributed by atoms with Crippen molar-refractivity contribution in [2.45, 2.75) is 32.6 Å². The van der Waals surface area contributed by atoms with Crippen molar-refractivity contribution in [3.63, 3.8) is 0 Å². The maximum absolute atomic E-state index is 5.90. The summed E-state index contributed by atoms with van der Waals surface area (Å²) < 4.78 is 11.1. The smallest absolute Gasteiger partial charge is 0.118 e. The third-order valence-electron chi connectivity index (χ3n) is 3.95. The van der Waals surface area contributed by atoms with E-state index in [-0.39, 0.29) is 0 Å². The van der Waals surface area contributed by atoms with Crippen LogP contribution >= 0.6 is 0 Å². The highest BCUT2D eigenvalue weighted by atomic mass is 16.5. The van der Waals surface area contributed by atoms with Crippen LogP contribution in [0.1, 0.15) is 31.7 Å². The summed E-state index contributed by atoms with van der Waals surface area (Å²) in [7, 11) is 1.71. The molecule has 3 nitrogen and oxygen atoms in total. The minimum absolute atomic E-state index is 0.545. The van der Waals surface area contributed by atoms with E-state index < -0.39 is 0 Å². The SMILES string of the molecule is CCCNCC(COCC1CC1)Cc1ccc(OC)cc1. The molecule has 1 aromatic rings. The van der Waals surface area contributed by atoms with E-state index in [1.54, 1.807) is 7.11 Å². The summed E-state index contributed by atoms with van der Waals surface area (Å²) >= 11 is 0. The number of hydrogen-bond donors (Lipinski definition) is 1. The average molecular weight is 291 g/mol. The summed E-state index contributed by atoms with van der Waals surface area (Å²) in [5.74, 6) is 2.31. The lowest BCUT2D eigenvalue weighted by molar-refractivity contribution is 0.0907. The summed E-state index contributed by atoms with van der Waals surface area (Å²) in [6.45, 7) is 6.13. The molecule has 1 unspecified atom stereocenters. The molecular weight excluding hydrogens is 262 g/mol. The van der Waals surface area contributed by atoms with Gasteiger partial charge in [0.05, 0.1) is 13.7 Å². The standard InChI is InChI=1S/C18H29NO2/c1-3-10-19-12-17(14-21-13-16-4-5-16)11-15-6-8-18(20-2)9-7-15/h6-9,16-17,19H,3-5,10-14H2,1-2H3. The maximum Gasteiger partial charge on any atom is 0.118 e. The van der Waals surface area contributed by atoms with Crippen molar-refractivity contribution in [1.29, 1.82) is 0 Å². The van der Waals surface area contributed by atoms with Crippen LogP contribution in [0.4, 0.5) is 0 Å². The first-order valence-corrected chi connectivity index (χ1v) is 8.23. The maximum atomic E-state index is 5.90. The molecule has 0 radical (unpaired) electrons. The molecule has 0 amide bonds. The molecule has 2 rings (SSSR count). The fourth-order valence-corrected chi connectivity index (χ4v) is 2.45. The topological polar surface area (TPSA) is 30.5 Å². The molecule has 1 saturated carbocycles. The summed E-state index contributed by atoms with van der Waals surface area (Å²) in [5, 5.41) is 3.53. The van der Waals surface area contributed by atoms with Crippen molar-refractivity contribution < 1.29 is 9.47 Å². The summed E-state index contributed by atoms with van der Waals surface area (Å²) in [6.07, 6.45) is 4.96. The van der Waals surface area contributed by atoms with Gasteiger partial charge in [-0.15, -0.1) is 0 Å². The zero-order valence-electron chi connectivity index (χ0n) is 13.4. The largest absolute Gasteiger partial charge is 0.497 e. The molecular formula is C18H29NO2. The fraction of sp³-hybridized carbons (Fsp3) is 0.667. The van der Waals surface area contributed by atoms with E-state index >= 15 is 0 Å². The Labute approximate surface area is 129 Å². The van der Waals surface area contributed by atoms with Gasteiger partial charge in [0.15, 0.2) is 0 Å². The Morgan fingerprint density at radius 1 is 1.24 bits per heavy atom. The Hall–Kier alpha value is -1.06. The molecule has 1 atom stereocenters. The van der Waals surface area contributed by atoms with Gasteiger partial charge in [-0.1, -0.05) is 19.1 Å². The van der Waals surface area contributed by atoms with Crippen molar-refractivity contribution in [3.05, 3.63) is 29.8 Å². The lowest BCUT2D eigenvalue weighted by Gasteiger charge is -2.18. The van der Waals surface area contributed by atoms with Crippen molar-refractivity contribution in [1.82, 2.24) is 5.32 Å². The number of ether oxygens (including phenoxy) is 2. The number of nitrogens with one attached hydrogen (secondary N) is 1. The van der Waals surface area contributed by atoms with Gasteiger partial charge >= 0.3 is 0 Å². The molecule has 0 spiro atoms. The first-order valence-electron chi connectivity index (χ1n) is 8.23. The summed E-state index contributed by atoms with van der Waals surface area (Å²) in [6, 6.07) is 8.40. The number of methoxy groups -OCH3 is 1. The Morgan fingerprint density at radius 2 is 2.00 bits per heavy atom. The van der Waals surface area contributed by atoms with Crippen LogP contribution < -0.4 is 10.1 Å². The van der Waals surface area contributed by atoms with Gasteiger partial charge in [-0.05, 0) is 61.8 Å². The Bertz CT molecular complexity index is 387. The van der Waals surface area contributed by atoms with E-state index in [2.05, 4.69) is 24.4 Å². The van der Waals surface area contributed by atoms with Crippen molar-refractivity contribution in [2.75, 3.05) is 33.4 Å². The Kier molecular flexibility index (Phi) is 7.04. The summed E-state index contributed by atoms with van der Waals surface area (Å²) in [4.78, 5) is 0. The zero-order valence-corrected chi connectivity index (χ0v) is 13.4. The molecule has 3 heteroatoms. The molecule has 1 N–H and O–H groups in total. The highest BCUT2D eigenvalue weighted by Crippen LogP contribution is 2.29. The number of benzene rings is 1. The van der Waals surface area contributed by atoms with Crippen molar-refractivity contribution in [2.24, 2.45) is 11.8 Å². The van der Waals surface area contributed by atoms with Crippen LogP contribution in [0.5, 0.6) is 5.75 Å². The lowest BCUT2D eigenvalue weighted by atomic mass is 10.00. The van der Waals surface area contributed by atoms with Crippen molar-refractivity contribution >= 4 is 0 Å². The van der Waals surface area contributed by atoms with Gasteiger partial charge in [-0.25, -0.2) is 0 Å². The van der Waals surface area contributed by atoms with Gasteiger partial charge in [0.2, 0.25) is 0 Å². The van der Waals surface area contributed by atoms with E-state index in [0.29, 0.717) is 5.92 Å². The molecule has 1 aliphatic rings. The molecule has 21 heavy (non-hydrogen) atoms. The molecule has 1 aromatic carbocycles. The molecule has 0 saturated heterocycles. The Morgan fingerprint density at radius 3 is 2.62 bits per heavy atom. The first-order chi connectivity index (χ1) is 10.3. The van der Waals surface area contributed by atoms with Crippen LogP contribution in [0, 0.1) is 11.8 Å². The van der Waals surface area contributed by atoms with Crippen molar-refractivity contribution in [3.8, 4) is 5.75 Å². The van der Waals surface area contributed by atoms with Crippen LogP contribution in [0.25, 0.3) is 0 Å². The second-order valence-electron chi connectivity index (χ2n) is 6.10. The Balaban J connectivity index is 1.79. The van der Waals surface area contributed by atoms with E-state index in [1.807, 2.05) is 12.1 Å². The fourth-order valence-electron chi connectivity index (χ4n) is 2.45. The highest BCUT2D eigenvalue weighted by molar-refractivity contribution is 5.27. The van der Waals surface area contributed by atoms with Gasteiger partial charge in [-0.3, -0.25) is 0 Å². The van der Waals surface area contributed by atoms with Gasteiger partial charge in [0, 0.05) is 13.2 Å². The third-order valence-corrected chi connectivity index (χ3v) is 3.95. The quantitative estimate of drug-likeness (QED) is 0.635.